The lowest BCUT2D eigenvalue weighted by molar-refractivity contribution is 0.373. The van der Waals surface area contributed by atoms with Gasteiger partial charge in [0.05, 0.1) is 28.4 Å². The van der Waals surface area contributed by atoms with Crippen LogP contribution in [0, 0.1) is 0 Å². The van der Waals surface area contributed by atoms with Gasteiger partial charge in [-0.1, -0.05) is 12.1 Å². The van der Waals surface area contributed by atoms with Gasteiger partial charge in [0.15, 0.2) is 23.0 Å². The van der Waals surface area contributed by atoms with Crippen LogP contribution in [0.3, 0.4) is 0 Å². The van der Waals surface area contributed by atoms with E-state index in [0.717, 1.165) is 33.4 Å². The molecule has 216 valence electrons. The van der Waals surface area contributed by atoms with Crippen molar-refractivity contribution in [3.05, 3.63) is 94.0 Å². The monoisotopic (exact) mass is 560 g/mol. The van der Waals surface area contributed by atoms with Crippen LogP contribution in [0.4, 0.5) is 0 Å². The van der Waals surface area contributed by atoms with Gasteiger partial charge in [-0.2, -0.15) is 0 Å². The number of phenols is 4. The second-order valence-electron chi connectivity index (χ2n) is 9.76. The van der Waals surface area contributed by atoms with Crippen LogP contribution in [-0.4, -0.2) is 48.9 Å². The molecule has 0 radical (unpaired) electrons. The third-order valence-corrected chi connectivity index (χ3v) is 7.24. The summed E-state index contributed by atoms with van der Waals surface area (Å²) in [5.74, 6) is 2.21. The van der Waals surface area contributed by atoms with E-state index in [9.17, 15) is 20.4 Å². The van der Waals surface area contributed by atoms with Crippen LogP contribution >= 0.6 is 0 Å². The molecule has 8 nitrogen and oxygen atoms in total. The van der Waals surface area contributed by atoms with Gasteiger partial charge in [0.1, 0.15) is 23.0 Å². The first-order chi connectivity index (χ1) is 19.8. The molecular weight excluding hydrogens is 524 g/mol. The predicted octanol–water partition coefficient (Wildman–Crippen LogP) is 5.70. The van der Waals surface area contributed by atoms with Gasteiger partial charge in [-0.15, -0.1) is 0 Å². The molecule has 4 aromatic rings. The summed E-state index contributed by atoms with van der Waals surface area (Å²) in [7, 11) is 6.13. The average Bonchev–Trinajstić information content (AvgIpc) is 2.97. The minimum Gasteiger partial charge on any atom is -0.508 e. The summed E-state index contributed by atoms with van der Waals surface area (Å²) >= 11 is 0. The Kier molecular flexibility index (Phi) is 9.34. The highest BCUT2D eigenvalue weighted by molar-refractivity contribution is 5.54. The number of aromatic hydroxyl groups is 4. The maximum Gasteiger partial charge on any atom is 0.160 e. The van der Waals surface area contributed by atoms with Crippen LogP contribution in [0.25, 0.3) is 0 Å². The number of hydrogen-bond donors (Lipinski definition) is 4. The summed E-state index contributed by atoms with van der Waals surface area (Å²) in [5.41, 5.74) is 5.29. The summed E-state index contributed by atoms with van der Waals surface area (Å²) < 4.78 is 21.6. The molecule has 0 aliphatic carbocycles. The Morgan fingerprint density at radius 2 is 1.02 bits per heavy atom. The summed E-state index contributed by atoms with van der Waals surface area (Å²) in [4.78, 5) is 0. The largest absolute Gasteiger partial charge is 0.508 e. The lowest BCUT2D eigenvalue weighted by Gasteiger charge is -2.19. The topological polar surface area (TPSA) is 118 Å². The molecular formula is C33H36O8. The van der Waals surface area contributed by atoms with Crippen molar-refractivity contribution in [3.8, 4) is 46.0 Å². The zero-order valence-electron chi connectivity index (χ0n) is 23.7. The molecule has 0 bridgehead atoms. The number of rotatable bonds is 12. The Morgan fingerprint density at radius 3 is 1.54 bits per heavy atom. The van der Waals surface area contributed by atoms with Crippen molar-refractivity contribution in [2.24, 2.45) is 0 Å². The van der Waals surface area contributed by atoms with Crippen LogP contribution in [0.15, 0.2) is 60.7 Å². The highest BCUT2D eigenvalue weighted by Crippen LogP contribution is 2.37. The van der Waals surface area contributed by atoms with Gasteiger partial charge in [-0.25, -0.2) is 0 Å². The zero-order chi connectivity index (χ0) is 29.5. The Morgan fingerprint density at radius 1 is 0.488 bits per heavy atom. The average molecular weight is 561 g/mol. The molecule has 4 N–H and O–H groups in total. The molecule has 41 heavy (non-hydrogen) atoms. The van der Waals surface area contributed by atoms with Crippen molar-refractivity contribution in [1.29, 1.82) is 0 Å². The maximum atomic E-state index is 11.1. The first kappa shape index (κ1) is 29.3. The fourth-order valence-corrected chi connectivity index (χ4v) is 5.01. The molecule has 0 spiro atoms. The number of phenolic OH excluding ortho intramolecular Hbond substituents is 4. The smallest absolute Gasteiger partial charge is 0.160 e. The van der Waals surface area contributed by atoms with Crippen LogP contribution < -0.4 is 18.9 Å². The quantitative estimate of drug-likeness (QED) is 0.174. The number of hydrogen-bond acceptors (Lipinski definition) is 8. The predicted molar refractivity (Wildman–Crippen MR) is 156 cm³/mol. The minimum atomic E-state index is 0.0734. The standard InChI is InChI=1S/C33H36O8/c1-38-25-16-23(10-6-21-8-12-29(36)33(14-21)41-4)26(30(37)18-25)19-27-22(15-24(34)17-31(27)39-2)9-5-20-7-11-28(35)32(13-20)40-3/h7-8,11-18,34-37H,5-6,9-10,19H2,1-4H3. The van der Waals surface area contributed by atoms with Crippen molar-refractivity contribution >= 4 is 0 Å². The van der Waals surface area contributed by atoms with E-state index < -0.39 is 0 Å². The molecule has 0 saturated heterocycles. The van der Waals surface area contributed by atoms with E-state index in [1.807, 2.05) is 18.2 Å². The van der Waals surface area contributed by atoms with Gasteiger partial charge in [-0.05, 0) is 84.3 Å². The summed E-state index contributed by atoms with van der Waals surface area (Å²) in [5, 5.41) is 41.5. The van der Waals surface area contributed by atoms with Gasteiger partial charge in [-0.3, -0.25) is 0 Å². The molecule has 0 amide bonds. The SMILES string of the molecule is COc1cc(O)c(Cc2c(CCc3ccc(O)c(OC)c3)cc(O)cc2OC)c(CCc2ccc(O)c(OC)c2)c1. The van der Waals surface area contributed by atoms with E-state index in [0.29, 0.717) is 55.1 Å². The third kappa shape index (κ3) is 6.90. The van der Waals surface area contributed by atoms with E-state index in [-0.39, 0.29) is 23.0 Å². The number of benzene rings is 4. The molecule has 0 aromatic heterocycles. The molecule has 0 aliphatic rings. The number of ether oxygens (including phenoxy) is 4. The lowest BCUT2D eigenvalue weighted by atomic mass is 9.90. The van der Waals surface area contributed by atoms with Crippen LogP contribution in [0.1, 0.15) is 33.4 Å². The molecule has 0 aliphatic heterocycles. The van der Waals surface area contributed by atoms with Crippen LogP contribution in [0.2, 0.25) is 0 Å². The summed E-state index contributed by atoms with van der Waals surface area (Å²) in [6.07, 6.45) is 2.80. The van der Waals surface area contributed by atoms with Gasteiger partial charge < -0.3 is 39.4 Å². The Labute approximate surface area is 240 Å². The van der Waals surface area contributed by atoms with Gasteiger partial charge in [0, 0.05) is 29.7 Å². The van der Waals surface area contributed by atoms with E-state index in [4.69, 9.17) is 18.9 Å². The Hall–Kier alpha value is -4.72. The summed E-state index contributed by atoms with van der Waals surface area (Å²) in [6, 6.07) is 17.3. The zero-order valence-corrected chi connectivity index (χ0v) is 23.7. The molecule has 0 atom stereocenters. The summed E-state index contributed by atoms with van der Waals surface area (Å²) in [6.45, 7) is 0. The van der Waals surface area contributed by atoms with Crippen LogP contribution in [-0.2, 0) is 32.1 Å². The highest BCUT2D eigenvalue weighted by Gasteiger charge is 2.19. The van der Waals surface area contributed by atoms with Crippen LogP contribution in [0.5, 0.6) is 46.0 Å². The molecule has 0 unspecified atom stereocenters. The van der Waals surface area contributed by atoms with Crippen molar-refractivity contribution in [1.82, 2.24) is 0 Å². The lowest BCUT2D eigenvalue weighted by Crippen LogP contribution is -2.05. The van der Waals surface area contributed by atoms with E-state index in [1.54, 1.807) is 56.7 Å². The number of methoxy groups -OCH3 is 4. The van der Waals surface area contributed by atoms with E-state index >= 15 is 0 Å². The Balaban J connectivity index is 1.68. The normalized spacial score (nSPS) is 10.8. The molecule has 0 heterocycles. The van der Waals surface area contributed by atoms with E-state index in [1.165, 1.54) is 14.2 Å². The second-order valence-corrected chi connectivity index (χ2v) is 9.76. The van der Waals surface area contributed by atoms with Crippen molar-refractivity contribution in [3.63, 3.8) is 0 Å². The van der Waals surface area contributed by atoms with Gasteiger partial charge in [0.25, 0.3) is 0 Å². The first-order valence-electron chi connectivity index (χ1n) is 13.3. The van der Waals surface area contributed by atoms with Crippen molar-refractivity contribution in [2.45, 2.75) is 32.1 Å². The first-order valence-corrected chi connectivity index (χ1v) is 13.3. The molecule has 4 aromatic carbocycles. The fraction of sp³-hybridized carbons (Fsp3) is 0.273. The van der Waals surface area contributed by atoms with Gasteiger partial charge >= 0.3 is 0 Å². The molecule has 0 saturated carbocycles. The number of aryl methyl sites for hydroxylation is 4. The molecule has 4 rings (SSSR count). The minimum absolute atomic E-state index is 0.0734. The van der Waals surface area contributed by atoms with Crippen molar-refractivity contribution < 1.29 is 39.4 Å². The molecule has 0 fully saturated rings. The molecule has 8 heteroatoms. The van der Waals surface area contributed by atoms with Crippen molar-refractivity contribution in [2.75, 3.05) is 28.4 Å². The highest BCUT2D eigenvalue weighted by atomic mass is 16.5. The fourth-order valence-electron chi connectivity index (χ4n) is 5.01. The third-order valence-electron chi connectivity index (χ3n) is 7.24. The Bertz CT molecular complexity index is 1510. The second kappa shape index (κ2) is 13.1. The van der Waals surface area contributed by atoms with E-state index in [2.05, 4.69) is 0 Å². The maximum absolute atomic E-state index is 11.1. The van der Waals surface area contributed by atoms with Gasteiger partial charge in [0.2, 0.25) is 0 Å².